The number of rotatable bonds is 4. The highest BCUT2D eigenvalue weighted by Gasteiger charge is 2.32. The normalized spacial score (nSPS) is 13.6. The lowest BCUT2D eigenvalue weighted by molar-refractivity contribution is -0.116. The zero-order valence-corrected chi connectivity index (χ0v) is 16.1. The molecule has 0 saturated heterocycles. The largest absolute Gasteiger partial charge is 0.495 e. The molecule has 1 aliphatic rings. The van der Waals surface area contributed by atoms with Gasteiger partial charge in [0.1, 0.15) is 12.3 Å². The number of anilines is 1. The first-order valence-electron chi connectivity index (χ1n) is 8.81. The van der Waals surface area contributed by atoms with E-state index in [-0.39, 0.29) is 23.8 Å². The zero-order valence-electron chi connectivity index (χ0n) is 16.1. The number of hydrogen-bond acceptors (Lipinski definition) is 3. The van der Waals surface area contributed by atoms with Gasteiger partial charge in [-0.3, -0.25) is 14.5 Å². The summed E-state index contributed by atoms with van der Waals surface area (Å²) in [5, 5.41) is 2.87. The molecular formula is C22H24N2O3. The number of fused-ring (bicyclic) bond motifs is 1. The monoisotopic (exact) mass is 364 g/mol. The Morgan fingerprint density at radius 2 is 1.81 bits per heavy atom. The van der Waals surface area contributed by atoms with Crippen LogP contribution in [0.25, 0.3) is 5.70 Å². The van der Waals surface area contributed by atoms with E-state index in [9.17, 15) is 9.59 Å². The summed E-state index contributed by atoms with van der Waals surface area (Å²) in [5.41, 5.74) is 3.48. The van der Waals surface area contributed by atoms with E-state index in [1.807, 2.05) is 30.3 Å². The molecule has 1 aliphatic heterocycles. The van der Waals surface area contributed by atoms with Gasteiger partial charge in [-0.25, -0.2) is 0 Å². The molecule has 0 atom stereocenters. The van der Waals surface area contributed by atoms with Crippen LogP contribution in [-0.2, 0) is 10.2 Å². The van der Waals surface area contributed by atoms with Gasteiger partial charge in [-0.05, 0) is 29.2 Å². The lowest BCUT2D eigenvalue weighted by Gasteiger charge is -2.22. The molecule has 1 N–H and O–H groups in total. The third-order valence-corrected chi connectivity index (χ3v) is 4.68. The summed E-state index contributed by atoms with van der Waals surface area (Å²) in [6, 6.07) is 13.0. The average Bonchev–Trinajstić information content (AvgIpc) is 2.86. The summed E-state index contributed by atoms with van der Waals surface area (Å²) in [4.78, 5) is 26.6. The van der Waals surface area contributed by atoms with Crippen molar-refractivity contribution in [1.29, 1.82) is 0 Å². The van der Waals surface area contributed by atoms with Crippen LogP contribution >= 0.6 is 0 Å². The molecule has 2 amide bonds. The van der Waals surface area contributed by atoms with Gasteiger partial charge in [-0.1, -0.05) is 51.6 Å². The van der Waals surface area contributed by atoms with Gasteiger partial charge in [0.25, 0.3) is 5.91 Å². The van der Waals surface area contributed by atoms with E-state index in [2.05, 4.69) is 32.7 Å². The van der Waals surface area contributed by atoms with Crippen LogP contribution in [0, 0.1) is 0 Å². The standard InChI is InChI=1S/C22H24N2O3/c1-14-16-8-6-7-9-17(16)21(26)24(14)13-20(25)23-18-12-15(22(2,3)4)10-11-19(18)27-5/h6-12H,1,13H2,2-5H3,(H,23,25). The van der Waals surface area contributed by atoms with Gasteiger partial charge in [-0.15, -0.1) is 0 Å². The van der Waals surface area contributed by atoms with E-state index in [1.165, 1.54) is 4.90 Å². The molecule has 0 aromatic heterocycles. The molecule has 0 saturated carbocycles. The molecule has 140 valence electrons. The minimum absolute atomic E-state index is 0.0629. The van der Waals surface area contributed by atoms with Crippen molar-refractivity contribution in [3.8, 4) is 5.75 Å². The SMILES string of the molecule is C=C1c2ccccc2C(=O)N1CC(=O)Nc1cc(C(C)(C)C)ccc1OC. The van der Waals surface area contributed by atoms with Gasteiger partial charge in [0.05, 0.1) is 12.8 Å². The van der Waals surface area contributed by atoms with Crippen molar-refractivity contribution >= 4 is 23.2 Å². The number of benzene rings is 2. The fourth-order valence-corrected chi connectivity index (χ4v) is 3.11. The van der Waals surface area contributed by atoms with Crippen molar-refractivity contribution in [1.82, 2.24) is 4.90 Å². The second kappa shape index (κ2) is 6.91. The van der Waals surface area contributed by atoms with Crippen LogP contribution < -0.4 is 10.1 Å². The van der Waals surface area contributed by atoms with E-state index in [4.69, 9.17) is 4.74 Å². The second-order valence-corrected chi connectivity index (χ2v) is 7.60. The summed E-state index contributed by atoms with van der Waals surface area (Å²) in [5.74, 6) is 0.0639. The first kappa shape index (κ1) is 18.7. The number of ether oxygens (including phenoxy) is 1. The van der Waals surface area contributed by atoms with Crippen LogP contribution in [0.15, 0.2) is 49.0 Å². The number of methoxy groups -OCH3 is 1. The first-order chi connectivity index (χ1) is 12.7. The van der Waals surface area contributed by atoms with Gasteiger partial charge in [-0.2, -0.15) is 0 Å². The van der Waals surface area contributed by atoms with E-state index < -0.39 is 0 Å². The van der Waals surface area contributed by atoms with Gasteiger partial charge < -0.3 is 10.1 Å². The minimum Gasteiger partial charge on any atom is -0.495 e. The average molecular weight is 364 g/mol. The molecule has 3 rings (SSSR count). The lowest BCUT2D eigenvalue weighted by Crippen LogP contribution is -2.32. The predicted octanol–water partition coefficient (Wildman–Crippen LogP) is 4.06. The lowest BCUT2D eigenvalue weighted by atomic mass is 9.87. The molecule has 5 heteroatoms. The summed E-state index contributed by atoms with van der Waals surface area (Å²) in [6.45, 7) is 10.2. The van der Waals surface area contributed by atoms with Crippen molar-refractivity contribution in [3.05, 3.63) is 65.7 Å². The minimum atomic E-state index is -0.304. The summed E-state index contributed by atoms with van der Waals surface area (Å²) in [6.07, 6.45) is 0. The molecule has 2 aromatic rings. The van der Waals surface area contributed by atoms with E-state index in [0.717, 1.165) is 11.1 Å². The Bertz CT molecular complexity index is 890. The summed E-state index contributed by atoms with van der Waals surface area (Å²) < 4.78 is 5.36. The third kappa shape index (κ3) is 3.58. The van der Waals surface area contributed by atoms with Gasteiger partial charge in [0.15, 0.2) is 0 Å². The highest BCUT2D eigenvalue weighted by Crippen LogP contribution is 2.33. The molecule has 0 spiro atoms. The van der Waals surface area contributed by atoms with Crippen molar-refractivity contribution in [2.75, 3.05) is 19.0 Å². The van der Waals surface area contributed by atoms with Crippen molar-refractivity contribution in [2.24, 2.45) is 0 Å². The fraction of sp³-hybridized carbons (Fsp3) is 0.273. The zero-order chi connectivity index (χ0) is 19.8. The highest BCUT2D eigenvalue weighted by atomic mass is 16.5. The molecule has 0 unspecified atom stereocenters. The van der Waals surface area contributed by atoms with Gasteiger partial charge in [0.2, 0.25) is 5.91 Å². The maximum Gasteiger partial charge on any atom is 0.259 e. The van der Waals surface area contributed by atoms with Crippen LogP contribution in [0.2, 0.25) is 0 Å². The molecule has 5 nitrogen and oxygen atoms in total. The molecule has 0 aliphatic carbocycles. The third-order valence-electron chi connectivity index (χ3n) is 4.68. The van der Waals surface area contributed by atoms with Crippen LogP contribution in [0.3, 0.4) is 0 Å². The van der Waals surface area contributed by atoms with Crippen LogP contribution in [0.4, 0.5) is 5.69 Å². The molecule has 0 radical (unpaired) electrons. The number of hydrogen-bond donors (Lipinski definition) is 1. The highest BCUT2D eigenvalue weighted by molar-refractivity contribution is 6.11. The topological polar surface area (TPSA) is 58.6 Å². The number of carbonyl (C=O) groups is 2. The molecule has 2 aromatic carbocycles. The van der Waals surface area contributed by atoms with Gasteiger partial charge >= 0.3 is 0 Å². The molecule has 0 fully saturated rings. The second-order valence-electron chi connectivity index (χ2n) is 7.60. The Balaban J connectivity index is 1.79. The van der Waals surface area contributed by atoms with Gasteiger partial charge in [0, 0.05) is 16.8 Å². The Morgan fingerprint density at radius 3 is 2.41 bits per heavy atom. The van der Waals surface area contributed by atoms with E-state index >= 15 is 0 Å². The van der Waals surface area contributed by atoms with Crippen molar-refractivity contribution < 1.29 is 14.3 Å². The Morgan fingerprint density at radius 1 is 1.15 bits per heavy atom. The number of carbonyl (C=O) groups excluding carboxylic acids is 2. The molecule has 0 bridgehead atoms. The summed E-state index contributed by atoms with van der Waals surface area (Å²) in [7, 11) is 1.56. The smallest absolute Gasteiger partial charge is 0.259 e. The summed E-state index contributed by atoms with van der Waals surface area (Å²) >= 11 is 0. The van der Waals surface area contributed by atoms with Crippen molar-refractivity contribution in [3.63, 3.8) is 0 Å². The quantitative estimate of drug-likeness (QED) is 0.890. The number of nitrogens with one attached hydrogen (secondary N) is 1. The molecular weight excluding hydrogens is 340 g/mol. The number of nitrogens with zero attached hydrogens (tertiary/aromatic N) is 1. The van der Waals surface area contributed by atoms with Crippen molar-refractivity contribution in [2.45, 2.75) is 26.2 Å². The predicted molar refractivity (Wildman–Crippen MR) is 107 cm³/mol. The Kier molecular flexibility index (Phi) is 4.79. The van der Waals surface area contributed by atoms with Crippen LogP contribution in [0.5, 0.6) is 5.75 Å². The first-order valence-corrected chi connectivity index (χ1v) is 8.81. The molecule has 27 heavy (non-hydrogen) atoms. The van der Waals surface area contributed by atoms with Crippen LogP contribution in [-0.4, -0.2) is 30.4 Å². The number of amides is 2. The maximum absolute atomic E-state index is 12.6. The van der Waals surface area contributed by atoms with E-state index in [1.54, 1.807) is 19.2 Å². The van der Waals surface area contributed by atoms with Crippen LogP contribution in [0.1, 0.15) is 42.3 Å². The fourth-order valence-electron chi connectivity index (χ4n) is 3.11. The Labute approximate surface area is 159 Å². The van der Waals surface area contributed by atoms with E-state index in [0.29, 0.717) is 22.7 Å². The molecule has 1 heterocycles. The maximum atomic E-state index is 12.6. The Hall–Kier alpha value is -3.08.